The van der Waals surface area contributed by atoms with Crippen LogP contribution in [-0.2, 0) is 0 Å². The molecular formula is C24H18ClN5O. The van der Waals surface area contributed by atoms with Gasteiger partial charge in [-0.1, -0.05) is 60.1 Å². The molecule has 0 amide bonds. The Hall–Kier alpha value is -3.90. The average molecular weight is 428 g/mol. The number of fused-ring (bicyclic) bond motifs is 1. The average Bonchev–Trinajstić information content (AvgIpc) is 3.25. The molecule has 31 heavy (non-hydrogen) atoms. The lowest BCUT2D eigenvalue weighted by atomic mass is 10.2. The number of rotatable bonds is 5. The SMILES string of the molecule is COc1ccc(Nc2nc(-c3ccccc3)nc3c2cnn3-c2ccccc2)cc1Cl. The van der Waals surface area contributed by atoms with Gasteiger partial charge in [-0.3, -0.25) is 0 Å². The van der Waals surface area contributed by atoms with Gasteiger partial charge >= 0.3 is 0 Å². The summed E-state index contributed by atoms with van der Waals surface area (Å²) >= 11 is 6.31. The number of hydrogen-bond donors (Lipinski definition) is 1. The number of hydrogen-bond acceptors (Lipinski definition) is 5. The van der Waals surface area contributed by atoms with Crippen LogP contribution in [0.15, 0.2) is 85.1 Å². The van der Waals surface area contributed by atoms with Gasteiger partial charge in [0.25, 0.3) is 0 Å². The Kier molecular flexibility index (Phi) is 4.98. The number of nitrogens with zero attached hydrogens (tertiary/aromatic N) is 4. The summed E-state index contributed by atoms with van der Waals surface area (Å²) in [6.45, 7) is 0. The standard InChI is InChI=1S/C24H18ClN5O/c1-31-21-13-12-17(14-20(21)25)27-23-19-15-26-30(18-10-6-3-7-11-18)24(19)29-22(28-23)16-8-4-2-5-9-16/h2-15H,1H3,(H,27,28,29). The van der Waals surface area contributed by atoms with Crippen LogP contribution in [0.5, 0.6) is 5.75 Å². The topological polar surface area (TPSA) is 64.9 Å². The molecule has 6 nitrogen and oxygen atoms in total. The van der Waals surface area contributed by atoms with E-state index in [-0.39, 0.29) is 0 Å². The van der Waals surface area contributed by atoms with Crippen molar-refractivity contribution in [2.75, 3.05) is 12.4 Å². The molecular weight excluding hydrogens is 410 g/mol. The summed E-state index contributed by atoms with van der Waals surface area (Å²) < 4.78 is 7.07. The third kappa shape index (κ3) is 3.69. The molecule has 0 spiro atoms. The van der Waals surface area contributed by atoms with Crippen molar-refractivity contribution in [3.8, 4) is 22.8 Å². The van der Waals surface area contributed by atoms with E-state index in [0.717, 1.165) is 22.3 Å². The highest BCUT2D eigenvalue weighted by molar-refractivity contribution is 6.32. The number of anilines is 2. The van der Waals surface area contributed by atoms with Gasteiger partial charge in [-0.25, -0.2) is 14.6 Å². The second-order valence-electron chi connectivity index (χ2n) is 6.87. The first-order valence-electron chi connectivity index (χ1n) is 9.70. The van der Waals surface area contributed by atoms with Crippen LogP contribution < -0.4 is 10.1 Å². The second-order valence-corrected chi connectivity index (χ2v) is 7.27. The van der Waals surface area contributed by atoms with E-state index in [4.69, 9.17) is 26.3 Å². The predicted molar refractivity (Wildman–Crippen MR) is 123 cm³/mol. The molecule has 5 aromatic rings. The Balaban J connectivity index is 1.68. The summed E-state index contributed by atoms with van der Waals surface area (Å²) in [7, 11) is 1.59. The van der Waals surface area contributed by atoms with E-state index in [2.05, 4.69) is 10.4 Å². The first-order valence-corrected chi connectivity index (χ1v) is 10.1. The van der Waals surface area contributed by atoms with Crippen molar-refractivity contribution in [1.29, 1.82) is 0 Å². The molecule has 3 aromatic carbocycles. The molecule has 0 bridgehead atoms. The highest BCUT2D eigenvalue weighted by Gasteiger charge is 2.16. The molecule has 1 N–H and O–H groups in total. The van der Waals surface area contributed by atoms with Crippen molar-refractivity contribution >= 4 is 34.1 Å². The third-order valence-electron chi connectivity index (χ3n) is 4.88. The maximum Gasteiger partial charge on any atom is 0.169 e. The molecule has 0 saturated heterocycles. The van der Waals surface area contributed by atoms with Gasteiger partial charge in [-0.15, -0.1) is 0 Å². The lowest BCUT2D eigenvalue weighted by Gasteiger charge is -2.11. The van der Waals surface area contributed by atoms with Gasteiger partial charge in [0.15, 0.2) is 11.5 Å². The van der Waals surface area contributed by atoms with Gasteiger partial charge in [0, 0.05) is 11.3 Å². The van der Waals surface area contributed by atoms with Crippen molar-refractivity contribution in [2.45, 2.75) is 0 Å². The van der Waals surface area contributed by atoms with E-state index in [1.807, 2.05) is 77.5 Å². The van der Waals surface area contributed by atoms with Gasteiger partial charge in [-0.05, 0) is 30.3 Å². The Labute approximate surface area is 184 Å². The quantitative estimate of drug-likeness (QED) is 0.379. The lowest BCUT2D eigenvalue weighted by Crippen LogP contribution is -2.02. The summed E-state index contributed by atoms with van der Waals surface area (Å²) in [4.78, 5) is 9.63. The molecule has 2 heterocycles. The fraction of sp³-hybridized carbons (Fsp3) is 0.0417. The van der Waals surface area contributed by atoms with Crippen molar-refractivity contribution in [2.24, 2.45) is 0 Å². The summed E-state index contributed by atoms with van der Waals surface area (Å²) in [6.07, 6.45) is 1.77. The summed E-state index contributed by atoms with van der Waals surface area (Å²) in [5.74, 6) is 1.86. The van der Waals surface area contributed by atoms with Crippen molar-refractivity contribution in [3.05, 3.63) is 90.1 Å². The molecule has 0 radical (unpaired) electrons. The monoisotopic (exact) mass is 427 g/mol. The number of aromatic nitrogens is 4. The third-order valence-corrected chi connectivity index (χ3v) is 5.17. The molecule has 0 aliphatic rings. The Morgan fingerprint density at radius 2 is 1.65 bits per heavy atom. The molecule has 2 aromatic heterocycles. The van der Waals surface area contributed by atoms with E-state index in [1.54, 1.807) is 19.4 Å². The number of methoxy groups -OCH3 is 1. The minimum Gasteiger partial charge on any atom is -0.495 e. The van der Waals surface area contributed by atoms with Crippen LogP contribution in [0.3, 0.4) is 0 Å². The van der Waals surface area contributed by atoms with Crippen LogP contribution >= 0.6 is 11.6 Å². The van der Waals surface area contributed by atoms with E-state index in [0.29, 0.717) is 28.1 Å². The molecule has 5 rings (SSSR count). The minimum atomic E-state index is 0.515. The number of nitrogens with one attached hydrogen (secondary N) is 1. The van der Waals surface area contributed by atoms with Gasteiger partial charge in [0.05, 0.1) is 29.4 Å². The van der Waals surface area contributed by atoms with E-state index in [1.165, 1.54) is 0 Å². The van der Waals surface area contributed by atoms with E-state index < -0.39 is 0 Å². The predicted octanol–water partition coefficient (Wildman–Crippen LogP) is 5.89. The van der Waals surface area contributed by atoms with Gasteiger partial charge < -0.3 is 10.1 Å². The largest absolute Gasteiger partial charge is 0.495 e. The summed E-state index contributed by atoms with van der Waals surface area (Å²) in [6, 6.07) is 25.3. The molecule has 0 unspecified atom stereocenters. The van der Waals surface area contributed by atoms with Gasteiger partial charge in [0.1, 0.15) is 11.6 Å². The highest BCUT2D eigenvalue weighted by Crippen LogP contribution is 2.32. The van der Waals surface area contributed by atoms with Gasteiger partial charge in [0.2, 0.25) is 0 Å². The van der Waals surface area contributed by atoms with Crippen molar-refractivity contribution < 1.29 is 4.74 Å². The second kappa shape index (κ2) is 8.08. The maximum absolute atomic E-state index is 6.31. The summed E-state index contributed by atoms with van der Waals surface area (Å²) in [5.41, 5.74) is 3.34. The lowest BCUT2D eigenvalue weighted by molar-refractivity contribution is 0.415. The Morgan fingerprint density at radius 3 is 2.35 bits per heavy atom. The van der Waals surface area contributed by atoms with Crippen LogP contribution in [0.1, 0.15) is 0 Å². The smallest absolute Gasteiger partial charge is 0.169 e. The molecule has 0 aliphatic heterocycles. The number of benzene rings is 3. The van der Waals surface area contributed by atoms with E-state index >= 15 is 0 Å². The van der Waals surface area contributed by atoms with Crippen LogP contribution in [0.2, 0.25) is 5.02 Å². The van der Waals surface area contributed by atoms with Crippen molar-refractivity contribution in [3.63, 3.8) is 0 Å². The zero-order valence-electron chi connectivity index (χ0n) is 16.7. The highest BCUT2D eigenvalue weighted by atomic mass is 35.5. The van der Waals surface area contributed by atoms with Crippen LogP contribution in [0, 0.1) is 0 Å². The Bertz CT molecular complexity index is 1350. The fourth-order valence-corrected chi connectivity index (χ4v) is 3.62. The zero-order chi connectivity index (χ0) is 21.2. The van der Waals surface area contributed by atoms with Crippen LogP contribution in [0.25, 0.3) is 28.1 Å². The number of para-hydroxylation sites is 1. The molecule has 152 valence electrons. The normalized spacial score (nSPS) is 10.9. The fourth-order valence-electron chi connectivity index (χ4n) is 3.36. The van der Waals surface area contributed by atoms with Crippen LogP contribution in [0.4, 0.5) is 11.5 Å². The number of ether oxygens (including phenoxy) is 1. The molecule has 0 saturated carbocycles. The number of halogens is 1. The molecule has 0 aliphatic carbocycles. The molecule has 7 heteroatoms. The van der Waals surface area contributed by atoms with Crippen LogP contribution in [-0.4, -0.2) is 26.9 Å². The first kappa shape index (κ1) is 19.1. The van der Waals surface area contributed by atoms with Gasteiger partial charge in [-0.2, -0.15) is 5.10 Å². The van der Waals surface area contributed by atoms with Crippen molar-refractivity contribution in [1.82, 2.24) is 19.7 Å². The molecule has 0 atom stereocenters. The molecule has 0 fully saturated rings. The summed E-state index contributed by atoms with van der Waals surface area (Å²) in [5, 5.41) is 9.26. The maximum atomic E-state index is 6.31. The minimum absolute atomic E-state index is 0.515. The Morgan fingerprint density at radius 1 is 0.903 bits per heavy atom. The van der Waals surface area contributed by atoms with E-state index in [9.17, 15) is 0 Å². The zero-order valence-corrected chi connectivity index (χ0v) is 17.4. The first-order chi connectivity index (χ1) is 15.2.